The largest absolute Gasteiger partial charge is 0.365 e. The van der Waals surface area contributed by atoms with Crippen molar-refractivity contribution in [3.8, 4) is 11.1 Å². The molecule has 0 heterocycles. The molecule has 0 spiro atoms. The molecule has 0 aromatic heterocycles. The third-order valence-electron chi connectivity index (χ3n) is 3.95. The van der Waals surface area contributed by atoms with Gasteiger partial charge in [-0.15, -0.1) is 0 Å². The molecule has 1 aliphatic carbocycles. The van der Waals surface area contributed by atoms with Gasteiger partial charge in [0.1, 0.15) is 11.5 Å². The highest BCUT2D eigenvalue weighted by Crippen LogP contribution is 2.36. The first kappa shape index (κ1) is 14.3. The molecule has 3 aromatic rings. The van der Waals surface area contributed by atoms with Gasteiger partial charge in [0.25, 0.3) is 0 Å². The van der Waals surface area contributed by atoms with Gasteiger partial charge in [0.05, 0.1) is 5.56 Å². The molecule has 0 unspecified atom stereocenters. The second-order valence-electron chi connectivity index (χ2n) is 5.42. The van der Waals surface area contributed by atoms with E-state index < -0.39 is 11.8 Å². The monoisotopic (exact) mass is 317 g/mol. The summed E-state index contributed by atoms with van der Waals surface area (Å²) in [5.74, 6) is -1.03. The second kappa shape index (κ2) is 5.74. The van der Waals surface area contributed by atoms with Crippen LogP contribution < -0.4 is 0 Å². The standard InChI is InChI=1S/C20H12FNO2/c21-14-11-9-13(10-12-14)20(23)24-22-19-17-7-3-1-5-15(17)16-6-2-4-8-18(16)19/h1-12H. The molecule has 0 aliphatic heterocycles. The molecule has 4 rings (SSSR count). The summed E-state index contributed by atoms with van der Waals surface area (Å²) in [5.41, 5.74) is 4.84. The van der Waals surface area contributed by atoms with Crippen LogP contribution >= 0.6 is 0 Å². The molecule has 116 valence electrons. The van der Waals surface area contributed by atoms with E-state index in [-0.39, 0.29) is 5.56 Å². The fourth-order valence-electron chi connectivity index (χ4n) is 2.82. The lowest BCUT2D eigenvalue weighted by Crippen LogP contribution is -2.05. The van der Waals surface area contributed by atoms with Crippen LogP contribution in [-0.4, -0.2) is 11.7 Å². The fraction of sp³-hybridized carbons (Fsp3) is 0. The summed E-state index contributed by atoms with van der Waals surface area (Å²) in [7, 11) is 0. The zero-order valence-corrected chi connectivity index (χ0v) is 12.6. The van der Waals surface area contributed by atoms with Gasteiger partial charge in [0.15, 0.2) is 0 Å². The SMILES string of the molecule is O=C(ON=C1c2ccccc2-c2ccccc21)c1ccc(F)cc1. The third kappa shape index (κ3) is 2.38. The number of fused-ring (bicyclic) bond motifs is 3. The van der Waals surface area contributed by atoms with E-state index in [9.17, 15) is 9.18 Å². The molecule has 0 saturated heterocycles. The minimum absolute atomic E-state index is 0.250. The van der Waals surface area contributed by atoms with Crippen molar-refractivity contribution in [3.05, 3.63) is 95.3 Å². The lowest BCUT2D eigenvalue weighted by molar-refractivity contribution is 0.0517. The van der Waals surface area contributed by atoms with Gasteiger partial charge in [-0.05, 0) is 35.4 Å². The van der Waals surface area contributed by atoms with Crippen LogP contribution in [0.2, 0.25) is 0 Å². The minimum Gasteiger partial charge on any atom is -0.312 e. The Kier molecular flexibility index (Phi) is 3.43. The van der Waals surface area contributed by atoms with Crippen molar-refractivity contribution < 1.29 is 14.0 Å². The summed E-state index contributed by atoms with van der Waals surface area (Å²) < 4.78 is 12.9. The van der Waals surface area contributed by atoms with Crippen LogP contribution in [0.1, 0.15) is 21.5 Å². The smallest absolute Gasteiger partial charge is 0.312 e. The topological polar surface area (TPSA) is 38.7 Å². The highest BCUT2D eigenvalue weighted by molar-refractivity contribution is 6.24. The number of rotatable bonds is 2. The van der Waals surface area contributed by atoms with Gasteiger partial charge < -0.3 is 4.84 Å². The molecule has 1 aliphatic rings. The normalized spacial score (nSPS) is 11.6. The molecule has 0 saturated carbocycles. The van der Waals surface area contributed by atoms with E-state index in [0.717, 1.165) is 22.3 Å². The minimum atomic E-state index is -0.621. The summed E-state index contributed by atoms with van der Waals surface area (Å²) in [5, 5.41) is 4.08. The molecule has 4 heteroatoms. The molecule has 0 radical (unpaired) electrons. The molecule has 0 N–H and O–H groups in total. The number of oxime groups is 1. The number of nitrogens with zero attached hydrogens (tertiary/aromatic N) is 1. The number of benzene rings is 3. The van der Waals surface area contributed by atoms with Crippen LogP contribution in [0.4, 0.5) is 4.39 Å². The molecular weight excluding hydrogens is 305 g/mol. The maximum Gasteiger partial charge on any atom is 0.365 e. The lowest BCUT2D eigenvalue weighted by Gasteiger charge is -2.02. The van der Waals surface area contributed by atoms with Crippen molar-refractivity contribution in [2.75, 3.05) is 0 Å². The molecular formula is C20H12FNO2. The maximum absolute atomic E-state index is 12.9. The van der Waals surface area contributed by atoms with Gasteiger partial charge >= 0.3 is 5.97 Å². The van der Waals surface area contributed by atoms with E-state index in [4.69, 9.17) is 4.84 Å². The molecule has 0 amide bonds. The van der Waals surface area contributed by atoms with Crippen molar-refractivity contribution in [2.45, 2.75) is 0 Å². The molecule has 3 nitrogen and oxygen atoms in total. The number of hydrogen-bond donors (Lipinski definition) is 0. The Morgan fingerprint density at radius 3 is 1.79 bits per heavy atom. The van der Waals surface area contributed by atoms with E-state index >= 15 is 0 Å². The Bertz CT molecular complexity index is 914. The number of halogens is 1. The van der Waals surface area contributed by atoms with E-state index in [0.29, 0.717) is 5.71 Å². The Labute approximate surface area is 138 Å². The summed E-state index contributed by atoms with van der Waals surface area (Å²) >= 11 is 0. The second-order valence-corrected chi connectivity index (χ2v) is 5.42. The van der Waals surface area contributed by atoms with Gasteiger partial charge in [-0.2, -0.15) is 0 Å². The van der Waals surface area contributed by atoms with Crippen LogP contribution in [0.5, 0.6) is 0 Å². The first-order valence-electron chi connectivity index (χ1n) is 7.48. The number of carbonyl (C=O) groups is 1. The zero-order chi connectivity index (χ0) is 16.5. The first-order chi connectivity index (χ1) is 11.7. The predicted molar refractivity (Wildman–Crippen MR) is 89.3 cm³/mol. The van der Waals surface area contributed by atoms with Gasteiger partial charge in [0, 0.05) is 11.1 Å². The van der Waals surface area contributed by atoms with Crippen molar-refractivity contribution in [1.29, 1.82) is 0 Å². The average Bonchev–Trinajstić information content (AvgIpc) is 2.94. The molecule has 3 aromatic carbocycles. The van der Waals surface area contributed by atoms with Gasteiger partial charge in [-0.1, -0.05) is 53.7 Å². The summed E-state index contributed by atoms with van der Waals surface area (Å²) in [6.45, 7) is 0. The van der Waals surface area contributed by atoms with E-state index in [1.165, 1.54) is 24.3 Å². The zero-order valence-electron chi connectivity index (χ0n) is 12.6. The molecule has 0 fully saturated rings. The fourth-order valence-corrected chi connectivity index (χ4v) is 2.82. The average molecular weight is 317 g/mol. The highest BCUT2D eigenvalue weighted by atomic mass is 19.1. The van der Waals surface area contributed by atoms with Gasteiger partial charge in [-0.3, -0.25) is 0 Å². The Hall–Kier alpha value is -3.27. The van der Waals surface area contributed by atoms with Crippen LogP contribution in [0.3, 0.4) is 0 Å². The maximum atomic E-state index is 12.9. The van der Waals surface area contributed by atoms with Crippen LogP contribution in [0, 0.1) is 5.82 Å². The predicted octanol–water partition coefficient (Wildman–Crippen LogP) is 4.42. The summed E-state index contributed by atoms with van der Waals surface area (Å²) in [4.78, 5) is 17.2. The lowest BCUT2D eigenvalue weighted by atomic mass is 10.1. The number of hydrogen-bond acceptors (Lipinski definition) is 3. The van der Waals surface area contributed by atoms with Crippen molar-refractivity contribution in [2.24, 2.45) is 5.16 Å². The van der Waals surface area contributed by atoms with Crippen LogP contribution in [0.25, 0.3) is 11.1 Å². The van der Waals surface area contributed by atoms with Gasteiger partial charge in [-0.25, -0.2) is 9.18 Å². The van der Waals surface area contributed by atoms with E-state index in [1.807, 2.05) is 48.5 Å². The van der Waals surface area contributed by atoms with Crippen molar-refractivity contribution in [3.63, 3.8) is 0 Å². The van der Waals surface area contributed by atoms with E-state index in [1.54, 1.807) is 0 Å². The molecule has 0 atom stereocenters. The summed E-state index contributed by atoms with van der Waals surface area (Å²) in [6.07, 6.45) is 0. The summed E-state index contributed by atoms with van der Waals surface area (Å²) in [6, 6.07) is 20.8. The van der Waals surface area contributed by atoms with Crippen LogP contribution in [-0.2, 0) is 4.84 Å². The third-order valence-corrected chi connectivity index (χ3v) is 3.95. The number of carbonyl (C=O) groups excluding carboxylic acids is 1. The van der Waals surface area contributed by atoms with Crippen molar-refractivity contribution in [1.82, 2.24) is 0 Å². The van der Waals surface area contributed by atoms with E-state index in [2.05, 4.69) is 5.16 Å². The first-order valence-corrected chi connectivity index (χ1v) is 7.48. The van der Waals surface area contributed by atoms with Gasteiger partial charge in [0.2, 0.25) is 0 Å². The Morgan fingerprint density at radius 2 is 1.25 bits per heavy atom. The molecule has 24 heavy (non-hydrogen) atoms. The molecule has 0 bridgehead atoms. The van der Waals surface area contributed by atoms with Crippen LogP contribution in [0.15, 0.2) is 78.0 Å². The Morgan fingerprint density at radius 1 is 0.750 bits per heavy atom. The Balaban J connectivity index is 1.70. The van der Waals surface area contributed by atoms with Crippen molar-refractivity contribution >= 4 is 11.7 Å². The quantitative estimate of drug-likeness (QED) is 0.405. The highest BCUT2D eigenvalue weighted by Gasteiger charge is 2.25.